The van der Waals surface area contributed by atoms with Crippen LogP contribution in [0.15, 0.2) is 18.2 Å². The molecule has 0 radical (unpaired) electrons. The van der Waals surface area contributed by atoms with Crippen molar-refractivity contribution in [2.45, 2.75) is 26.0 Å². The van der Waals surface area contributed by atoms with Gasteiger partial charge in [-0.1, -0.05) is 6.92 Å². The molecule has 2 unspecified atom stereocenters. The monoisotopic (exact) mass is 281 g/mol. The Labute approximate surface area is 119 Å². The maximum atomic E-state index is 10.6. The molecule has 5 heteroatoms. The Bertz CT molecular complexity index is 438. The van der Waals surface area contributed by atoms with E-state index in [2.05, 4.69) is 0 Å². The molecule has 0 spiro atoms. The van der Waals surface area contributed by atoms with Crippen LogP contribution in [0.1, 0.15) is 25.5 Å². The van der Waals surface area contributed by atoms with E-state index in [1.165, 1.54) is 0 Å². The van der Waals surface area contributed by atoms with Crippen molar-refractivity contribution < 1.29 is 19.7 Å². The third kappa shape index (κ3) is 3.06. The number of benzene rings is 1. The number of aliphatic hydroxyl groups is 2. The normalized spacial score (nSPS) is 21.4. The molecule has 112 valence electrons. The Balaban J connectivity index is 2.22. The first-order valence-electron chi connectivity index (χ1n) is 7.13. The van der Waals surface area contributed by atoms with Gasteiger partial charge in [0.1, 0.15) is 24.2 Å². The highest BCUT2D eigenvalue weighted by atomic mass is 16.5. The van der Waals surface area contributed by atoms with Gasteiger partial charge in [0.15, 0.2) is 0 Å². The summed E-state index contributed by atoms with van der Waals surface area (Å²) in [6.07, 6.45) is -0.634. The largest absolute Gasteiger partial charge is 0.494 e. The second-order valence-corrected chi connectivity index (χ2v) is 4.81. The van der Waals surface area contributed by atoms with Crippen LogP contribution in [0.25, 0.3) is 0 Å². The summed E-state index contributed by atoms with van der Waals surface area (Å²) in [5, 5.41) is 19.7. The lowest BCUT2D eigenvalue weighted by molar-refractivity contribution is -0.000526. The van der Waals surface area contributed by atoms with E-state index in [1.54, 1.807) is 0 Å². The van der Waals surface area contributed by atoms with Gasteiger partial charge < -0.3 is 19.7 Å². The molecule has 5 nitrogen and oxygen atoms in total. The lowest BCUT2D eigenvalue weighted by atomic mass is 9.97. The second-order valence-electron chi connectivity index (χ2n) is 4.81. The van der Waals surface area contributed by atoms with Crippen molar-refractivity contribution in [3.8, 4) is 11.5 Å². The van der Waals surface area contributed by atoms with Crippen molar-refractivity contribution in [3.63, 3.8) is 0 Å². The highest BCUT2D eigenvalue weighted by Gasteiger charge is 2.33. The molecule has 1 aromatic rings. The van der Waals surface area contributed by atoms with Crippen LogP contribution in [0.5, 0.6) is 11.5 Å². The number of fused-ring (bicyclic) bond motifs is 1. The van der Waals surface area contributed by atoms with E-state index in [0.717, 1.165) is 17.9 Å². The molecule has 0 saturated carbocycles. The molecule has 1 aromatic carbocycles. The lowest BCUT2D eigenvalue weighted by Crippen LogP contribution is -2.47. The molecule has 2 N–H and O–H groups in total. The second kappa shape index (κ2) is 6.92. The molecule has 1 heterocycles. The van der Waals surface area contributed by atoms with E-state index in [1.807, 2.05) is 36.9 Å². The summed E-state index contributed by atoms with van der Waals surface area (Å²) < 4.78 is 11.2. The summed E-state index contributed by atoms with van der Waals surface area (Å²) >= 11 is 0. The molecule has 0 saturated heterocycles. The zero-order chi connectivity index (χ0) is 14.5. The van der Waals surface area contributed by atoms with Crippen molar-refractivity contribution >= 4 is 0 Å². The minimum Gasteiger partial charge on any atom is -0.494 e. The fourth-order valence-electron chi connectivity index (χ4n) is 2.61. The number of ether oxygens (including phenoxy) is 2. The summed E-state index contributed by atoms with van der Waals surface area (Å²) in [4.78, 5) is 2.03. The van der Waals surface area contributed by atoms with Crippen LogP contribution in [0, 0.1) is 0 Å². The molecule has 0 bridgehead atoms. The summed E-state index contributed by atoms with van der Waals surface area (Å²) in [7, 11) is 0. The number of aliphatic hydroxyl groups excluding tert-OH is 2. The summed E-state index contributed by atoms with van der Waals surface area (Å²) in [6, 6.07) is 5.38. The minimum absolute atomic E-state index is 0.0723. The molecule has 20 heavy (non-hydrogen) atoms. The first-order chi connectivity index (χ1) is 9.71. The maximum Gasteiger partial charge on any atom is 0.125 e. The fourth-order valence-corrected chi connectivity index (χ4v) is 2.61. The summed E-state index contributed by atoms with van der Waals surface area (Å²) in [5.41, 5.74) is 0.753. The van der Waals surface area contributed by atoms with Crippen LogP contribution < -0.4 is 9.47 Å². The Morgan fingerprint density at radius 1 is 1.40 bits per heavy atom. The molecule has 2 rings (SSSR count). The molecule has 0 fully saturated rings. The smallest absolute Gasteiger partial charge is 0.125 e. The quantitative estimate of drug-likeness (QED) is 0.820. The van der Waals surface area contributed by atoms with E-state index < -0.39 is 6.10 Å². The Hall–Kier alpha value is -1.30. The lowest BCUT2D eigenvalue weighted by Gasteiger charge is -2.37. The summed E-state index contributed by atoms with van der Waals surface area (Å²) in [5.74, 6) is 1.44. The topological polar surface area (TPSA) is 62.2 Å². The Morgan fingerprint density at radius 2 is 2.20 bits per heavy atom. The predicted octanol–water partition coefficient (Wildman–Crippen LogP) is 1.19. The highest BCUT2D eigenvalue weighted by Crippen LogP contribution is 2.36. The van der Waals surface area contributed by atoms with E-state index in [-0.39, 0.29) is 12.6 Å². The zero-order valence-corrected chi connectivity index (χ0v) is 12.1. The first kappa shape index (κ1) is 15.1. The van der Waals surface area contributed by atoms with Crippen LogP contribution >= 0.6 is 0 Å². The standard InChI is InChI=1S/C15H23NO4/c1-3-16(7-8-17)13-10-20-14-6-5-11(19-4-2)9-12(14)15(13)18/h5-6,9,13,15,17-18H,3-4,7-8,10H2,1-2H3. The average Bonchev–Trinajstić information content (AvgIpc) is 2.47. The van der Waals surface area contributed by atoms with Gasteiger partial charge in [0.05, 0.1) is 19.3 Å². The van der Waals surface area contributed by atoms with Gasteiger partial charge >= 0.3 is 0 Å². The van der Waals surface area contributed by atoms with Crippen LogP contribution in [0.3, 0.4) is 0 Å². The Morgan fingerprint density at radius 3 is 2.85 bits per heavy atom. The van der Waals surface area contributed by atoms with Crippen LogP contribution in [0.4, 0.5) is 0 Å². The highest BCUT2D eigenvalue weighted by molar-refractivity contribution is 5.43. The van der Waals surface area contributed by atoms with Gasteiger partial charge in [0.2, 0.25) is 0 Å². The molecule has 0 aromatic heterocycles. The molecule has 1 aliphatic heterocycles. The SMILES string of the molecule is CCOc1ccc2c(c1)C(O)C(N(CC)CCO)CO2. The van der Waals surface area contributed by atoms with Crippen molar-refractivity contribution in [1.82, 2.24) is 4.90 Å². The van der Waals surface area contributed by atoms with Gasteiger partial charge in [-0.15, -0.1) is 0 Å². The van der Waals surface area contributed by atoms with Gasteiger partial charge in [0, 0.05) is 12.1 Å². The molecule has 0 aliphatic carbocycles. The number of hydrogen-bond acceptors (Lipinski definition) is 5. The molecule has 1 aliphatic rings. The first-order valence-corrected chi connectivity index (χ1v) is 7.13. The van der Waals surface area contributed by atoms with Crippen molar-refractivity contribution in [3.05, 3.63) is 23.8 Å². The number of likely N-dealkylation sites (N-methyl/N-ethyl adjacent to an activating group) is 1. The average molecular weight is 281 g/mol. The maximum absolute atomic E-state index is 10.6. The van der Waals surface area contributed by atoms with Gasteiger partial charge in [0.25, 0.3) is 0 Å². The molecule has 0 amide bonds. The molecule has 2 atom stereocenters. The number of rotatable bonds is 6. The zero-order valence-electron chi connectivity index (χ0n) is 12.1. The third-order valence-corrected chi connectivity index (χ3v) is 3.65. The Kier molecular flexibility index (Phi) is 5.23. The van der Waals surface area contributed by atoms with Gasteiger partial charge in [-0.25, -0.2) is 0 Å². The third-order valence-electron chi connectivity index (χ3n) is 3.65. The predicted molar refractivity (Wildman–Crippen MR) is 76.2 cm³/mol. The van der Waals surface area contributed by atoms with Crippen molar-refractivity contribution in [2.75, 3.05) is 32.9 Å². The van der Waals surface area contributed by atoms with E-state index in [0.29, 0.717) is 25.5 Å². The molecular formula is C15H23NO4. The van der Waals surface area contributed by atoms with E-state index >= 15 is 0 Å². The van der Waals surface area contributed by atoms with Crippen LogP contribution in [-0.4, -0.2) is 54.1 Å². The van der Waals surface area contributed by atoms with Crippen molar-refractivity contribution in [2.24, 2.45) is 0 Å². The molecular weight excluding hydrogens is 258 g/mol. The fraction of sp³-hybridized carbons (Fsp3) is 0.600. The van der Waals surface area contributed by atoms with Gasteiger partial charge in [-0.05, 0) is 31.7 Å². The van der Waals surface area contributed by atoms with Crippen LogP contribution in [-0.2, 0) is 0 Å². The van der Waals surface area contributed by atoms with Gasteiger partial charge in [-0.2, -0.15) is 0 Å². The van der Waals surface area contributed by atoms with E-state index in [9.17, 15) is 5.11 Å². The number of nitrogens with zero attached hydrogens (tertiary/aromatic N) is 1. The van der Waals surface area contributed by atoms with Gasteiger partial charge in [-0.3, -0.25) is 4.90 Å². The summed E-state index contributed by atoms with van der Waals surface area (Å²) in [6.45, 7) is 6.31. The number of hydrogen-bond donors (Lipinski definition) is 2. The van der Waals surface area contributed by atoms with E-state index in [4.69, 9.17) is 14.6 Å². The minimum atomic E-state index is -0.634. The van der Waals surface area contributed by atoms with Crippen LogP contribution in [0.2, 0.25) is 0 Å². The van der Waals surface area contributed by atoms with Crippen molar-refractivity contribution in [1.29, 1.82) is 0 Å².